The molecule has 5 nitrogen and oxygen atoms in total. The van der Waals surface area contributed by atoms with Crippen LogP contribution in [0.15, 0.2) is 41.5 Å². The molecular weight excluding hydrogens is 441 g/mol. The van der Waals surface area contributed by atoms with Gasteiger partial charge in [-0.15, -0.1) is 24.0 Å². The quantitative estimate of drug-likeness (QED) is 0.406. The minimum Gasteiger partial charge on any atom is -0.417 e. The fourth-order valence-corrected chi connectivity index (χ4v) is 2.72. The molecule has 1 aliphatic rings. The van der Waals surface area contributed by atoms with Gasteiger partial charge in [-0.2, -0.15) is 8.78 Å². The van der Waals surface area contributed by atoms with Crippen molar-refractivity contribution in [3.8, 4) is 5.88 Å². The highest BCUT2D eigenvalue weighted by molar-refractivity contribution is 14.0. The van der Waals surface area contributed by atoms with Crippen molar-refractivity contribution in [2.24, 2.45) is 10.7 Å². The van der Waals surface area contributed by atoms with Crippen LogP contribution in [0.3, 0.4) is 0 Å². The molecular formula is C17H19F2IN4O. The lowest BCUT2D eigenvalue weighted by atomic mass is 10.1. The Bertz CT molecular complexity index is 755. The van der Waals surface area contributed by atoms with E-state index < -0.39 is 6.61 Å². The molecule has 0 spiro atoms. The fraction of sp³-hybridized carbons (Fsp3) is 0.294. The first kappa shape index (κ1) is 19.4. The van der Waals surface area contributed by atoms with Crippen LogP contribution in [-0.4, -0.2) is 17.6 Å². The lowest BCUT2D eigenvalue weighted by Gasteiger charge is -2.08. The van der Waals surface area contributed by atoms with Crippen molar-refractivity contribution in [1.82, 2.24) is 4.98 Å². The minimum atomic E-state index is -2.90. The van der Waals surface area contributed by atoms with E-state index in [1.165, 1.54) is 29.8 Å². The Morgan fingerprint density at radius 3 is 2.84 bits per heavy atom. The molecule has 25 heavy (non-hydrogen) atoms. The number of halogens is 3. The van der Waals surface area contributed by atoms with E-state index in [-0.39, 0.29) is 42.4 Å². The minimum absolute atomic E-state index is 0. The monoisotopic (exact) mass is 460 g/mol. The number of aromatic nitrogens is 1. The zero-order valence-corrected chi connectivity index (χ0v) is 15.7. The summed E-state index contributed by atoms with van der Waals surface area (Å²) in [6.45, 7) is -2.66. The molecule has 1 heterocycles. The van der Waals surface area contributed by atoms with Crippen LogP contribution in [0.4, 0.5) is 14.5 Å². The van der Waals surface area contributed by atoms with Crippen LogP contribution in [-0.2, 0) is 19.4 Å². The number of nitrogens with zero attached hydrogens (tertiary/aromatic N) is 2. The number of benzene rings is 1. The first-order valence-corrected chi connectivity index (χ1v) is 7.68. The highest BCUT2D eigenvalue weighted by Crippen LogP contribution is 2.24. The molecule has 0 saturated carbocycles. The summed E-state index contributed by atoms with van der Waals surface area (Å²) in [5.74, 6) is 0.129. The van der Waals surface area contributed by atoms with Crippen LogP contribution in [0, 0.1) is 0 Å². The maximum Gasteiger partial charge on any atom is 0.388 e. The second-order valence-electron chi connectivity index (χ2n) is 5.54. The van der Waals surface area contributed by atoms with Crippen molar-refractivity contribution >= 4 is 35.6 Å². The maximum atomic E-state index is 12.2. The lowest BCUT2D eigenvalue weighted by Crippen LogP contribution is -2.22. The van der Waals surface area contributed by atoms with E-state index in [9.17, 15) is 8.78 Å². The van der Waals surface area contributed by atoms with E-state index in [0.717, 1.165) is 18.5 Å². The fourth-order valence-electron chi connectivity index (χ4n) is 2.72. The molecule has 0 unspecified atom stereocenters. The van der Waals surface area contributed by atoms with Gasteiger partial charge >= 0.3 is 6.61 Å². The number of rotatable bonds is 5. The van der Waals surface area contributed by atoms with E-state index in [4.69, 9.17) is 5.73 Å². The Kier molecular flexibility index (Phi) is 6.91. The van der Waals surface area contributed by atoms with Gasteiger partial charge in [-0.1, -0.05) is 6.07 Å². The molecule has 3 rings (SSSR count). The van der Waals surface area contributed by atoms with Crippen LogP contribution < -0.4 is 15.8 Å². The number of anilines is 1. The molecule has 1 aromatic carbocycles. The number of alkyl halides is 2. The Balaban J connectivity index is 0.00000225. The second-order valence-corrected chi connectivity index (χ2v) is 5.54. The van der Waals surface area contributed by atoms with Crippen LogP contribution in [0.25, 0.3) is 0 Å². The normalized spacial score (nSPS) is 13.3. The summed E-state index contributed by atoms with van der Waals surface area (Å²) in [7, 11) is 0. The zero-order chi connectivity index (χ0) is 16.9. The average molecular weight is 460 g/mol. The number of fused-ring (bicyclic) bond motifs is 1. The number of aliphatic imine (C=N–C) groups is 1. The molecule has 0 atom stereocenters. The lowest BCUT2D eigenvalue weighted by molar-refractivity contribution is -0.0528. The molecule has 0 bridgehead atoms. The molecule has 0 amide bonds. The SMILES string of the molecule is I.NC(=NCc1ccnc(OC(F)F)c1)Nc1ccc2c(c1)CCC2. The van der Waals surface area contributed by atoms with E-state index >= 15 is 0 Å². The van der Waals surface area contributed by atoms with Gasteiger partial charge in [-0.25, -0.2) is 9.98 Å². The number of nitrogens with two attached hydrogens (primary N) is 1. The molecule has 3 N–H and O–H groups in total. The average Bonchev–Trinajstić information content (AvgIpc) is 3.00. The number of hydrogen-bond donors (Lipinski definition) is 2. The second kappa shape index (κ2) is 8.93. The molecule has 0 fully saturated rings. The number of guanidine groups is 1. The van der Waals surface area contributed by atoms with Crippen LogP contribution in [0.5, 0.6) is 5.88 Å². The van der Waals surface area contributed by atoms with Crippen molar-refractivity contribution in [3.05, 3.63) is 53.2 Å². The van der Waals surface area contributed by atoms with Crippen LogP contribution >= 0.6 is 24.0 Å². The standard InChI is InChI=1S/C17H18F2N4O.HI/c18-16(19)24-15-8-11(6-7-21-15)10-22-17(20)23-14-5-4-12-2-1-3-13(12)9-14;/h4-9,16H,1-3,10H2,(H3,20,22,23);1H. The topological polar surface area (TPSA) is 72.5 Å². The van der Waals surface area contributed by atoms with Gasteiger partial charge in [0.1, 0.15) is 0 Å². The predicted octanol–water partition coefficient (Wildman–Crippen LogP) is 3.72. The first-order chi connectivity index (χ1) is 11.6. The summed E-state index contributed by atoms with van der Waals surface area (Å²) in [5.41, 5.74) is 10.2. The molecule has 8 heteroatoms. The maximum absolute atomic E-state index is 12.2. The third-order valence-electron chi connectivity index (χ3n) is 3.81. The molecule has 2 aromatic rings. The van der Waals surface area contributed by atoms with E-state index in [1.54, 1.807) is 6.07 Å². The van der Waals surface area contributed by atoms with Crippen LogP contribution in [0.1, 0.15) is 23.1 Å². The van der Waals surface area contributed by atoms with Gasteiger partial charge in [0.25, 0.3) is 0 Å². The summed E-state index contributed by atoms with van der Waals surface area (Å²) < 4.78 is 28.6. The Labute approximate surface area is 161 Å². The third-order valence-corrected chi connectivity index (χ3v) is 3.81. The Morgan fingerprint density at radius 2 is 2.04 bits per heavy atom. The summed E-state index contributed by atoms with van der Waals surface area (Å²) in [5, 5.41) is 3.05. The number of pyridine rings is 1. The highest BCUT2D eigenvalue weighted by Gasteiger charge is 2.11. The zero-order valence-electron chi connectivity index (χ0n) is 13.4. The molecule has 1 aromatic heterocycles. The van der Waals surface area contributed by atoms with Gasteiger partial charge in [-0.3, -0.25) is 0 Å². The summed E-state index contributed by atoms with van der Waals surface area (Å²) in [4.78, 5) is 7.93. The number of nitrogens with one attached hydrogen (secondary N) is 1. The van der Waals surface area contributed by atoms with Crippen molar-refractivity contribution < 1.29 is 13.5 Å². The van der Waals surface area contributed by atoms with Gasteiger partial charge < -0.3 is 15.8 Å². The molecule has 134 valence electrons. The van der Waals surface area contributed by atoms with Gasteiger partial charge in [0.15, 0.2) is 5.96 Å². The van der Waals surface area contributed by atoms with Crippen LogP contribution in [0.2, 0.25) is 0 Å². The van der Waals surface area contributed by atoms with Crippen molar-refractivity contribution in [2.75, 3.05) is 5.32 Å². The van der Waals surface area contributed by atoms with Gasteiger partial charge in [0.05, 0.1) is 6.54 Å². The van der Waals surface area contributed by atoms with Gasteiger partial charge in [0.2, 0.25) is 5.88 Å². The van der Waals surface area contributed by atoms with Crippen molar-refractivity contribution in [3.63, 3.8) is 0 Å². The molecule has 1 aliphatic carbocycles. The predicted molar refractivity (Wildman–Crippen MR) is 104 cm³/mol. The highest BCUT2D eigenvalue weighted by atomic mass is 127. The first-order valence-electron chi connectivity index (χ1n) is 7.68. The molecule has 0 radical (unpaired) electrons. The van der Waals surface area contributed by atoms with E-state index in [1.807, 2.05) is 6.07 Å². The number of ether oxygens (including phenoxy) is 1. The van der Waals surface area contributed by atoms with E-state index in [0.29, 0.717) is 5.56 Å². The number of hydrogen-bond acceptors (Lipinski definition) is 3. The van der Waals surface area contributed by atoms with E-state index in [2.05, 4.69) is 32.2 Å². The summed E-state index contributed by atoms with van der Waals surface area (Å²) in [6.07, 6.45) is 4.80. The Hall–Kier alpha value is -1.97. The molecule has 0 saturated heterocycles. The Morgan fingerprint density at radius 1 is 1.24 bits per heavy atom. The van der Waals surface area contributed by atoms with Gasteiger partial charge in [-0.05, 0) is 54.2 Å². The largest absolute Gasteiger partial charge is 0.417 e. The van der Waals surface area contributed by atoms with Crippen molar-refractivity contribution in [1.29, 1.82) is 0 Å². The summed E-state index contributed by atoms with van der Waals surface area (Å²) in [6, 6.07) is 9.26. The van der Waals surface area contributed by atoms with Gasteiger partial charge in [0, 0.05) is 18.0 Å². The van der Waals surface area contributed by atoms with Crippen molar-refractivity contribution in [2.45, 2.75) is 32.4 Å². The molecule has 0 aliphatic heterocycles. The third kappa shape index (κ3) is 5.52. The number of aryl methyl sites for hydroxylation is 2. The smallest absolute Gasteiger partial charge is 0.388 e. The summed E-state index contributed by atoms with van der Waals surface area (Å²) >= 11 is 0.